The van der Waals surface area contributed by atoms with Crippen LogP contribution in [0, 0.1) is 0 Å². The lowest BCUT2D eigenvalue weighted by molar-refractivity contribution is 0.0617. The average Bonchev–Trinajstić information content (AvgIpc) is 2.91. The Morgan fingerprint density at radius 1 is 1.38 bits per heavy atom. The average molecular weight is 290 g/mol. The largest absolute Gasteiger partial charge is 0.382 e. The number of ether oxygens (including phenoxy) is 2. The summed E-state index contributed by atoms with van der Waals surface area (Å²) < 4.78 is 10.3. The van der Waals surface area contributed by atoms with E-state index in [1.165, 1.54) is 6.07 Å². The Balaban J connectivity index is 1.92. The Hall–Kier alpha value is -2.38. The summed E-state index contributed by atoms with van der Waals surface area (Å²) >= 11 is 0. The molecular weight excluding hydrogens is 272 g/mol. The van der Waals surface area contributed by atoms with Crippen LogP contribution in [0.4, 0.5) is 11.5 Å². The van der Waals surface area contributed by atoms with Crippen LogP contribution in [0.25, 0.3) is 0 Å². The quantitative estimate of drug-likeness (QED) is 0.669. The summed E-state index contributed by atoms with van der Waals surface area (Å²) in [5.41, 5.74) is 7.43. The summed E-state index contributed by atoms with van der Waals surface area (Å²) in [4.78, 5) is 12.0. The van der Waals surface area contributed by atoms with Crippen LogP contribution in [0.2, 0.25) is 0 Å². The first-order valence-corrected chi connectivity index (χ1v) is 6.47. The number of carbonyl (C=O) groups is 1. The lowest BCUT2D eigenvalue weighted by Gasteiger charge is -2.07. The van der Waals surface area contributed by atoms with Crippen LogP contribution in [-0.2, 0) is 16.1 Å². The number of amides is 1. The molecule has 7 heteroatoms. The molecule has 0 aliphatic rings. The molecule has 4 N–H and O–H groups in total. The normalized spacial score (nSPS) is 10.5. The monoisotopic (exact) mass is 290 g/mol. The van der Waals surface area contributed by atoms with Gasteiger partial charge in [0.2, 0.25) is 0 Å². The molecule has 0 aliphatic heterocycles. The van der Waals surface area contributed by atoms with Crippen LogP contribution >= 0.6 is 0 Å². The van der Waals surface area contributed by atoms with E-state index in [-0.39, 0.29) is 11.7 Å². The highest BCUT2D eigenvalue weighted by atomic mass is 16.5. The van der Waals surface area contributed by atoms with Crippen molar-refractivity contribution in [2.45, 2.75) is 6.61 Å². The van der Waals surface area contributed by atoms with Crippen LogP contribution in [-0.4, -0.2) is 36.4 Å². The van der Waals surface area contributed by atoms with Gasteiger partial charge in [-0.25, -0.2) is 0 Å². The predicted molar refractivity (Wildman–Crippen MR) is 78.9 cm³/mol. The van der Waals surface area contributed by atoms with Gasteiger partial charge in [-0.15, -0.1) is 0 Å². The maximum Gasteiger partial charge on any atom is 0.273 e. The van der Waals surface area contributed by atoms with E-state index in [0.717, 1.165) is 5.56 Å². The first-order valence-electron chi connectivity index (χ1n) is 6.47. The van der Waals surface area contributed by atoms with Gasteiger partial charge in [-0.1, -0.05) is 12.1 Å². The highest BCUT2D eigenvalue weighted by Crippen LogP contribution is 2.13. The molecule has 7 nitrogen and oxygen atoms in total. The number of rotatable bonds is 7. The van der Waals surface area contributed by atoms with E-state index in [1.807, 2.05) is 18.2 Å². The molecule has 0 spiro atoms. The van der Waals surface area contributed by atoms with Crippen molar-refractivity contribution >= 4 is 17.4 Å². The van der Waals surface area contributed by atoms with Gasteiger partial charge >= 0.3 is 0 Å². The second-order valence-corrected chi connectivity index (χ2v) is 4.41. The molecule has 0 atom stereocenters. The molecule has 2 rings (SSSR count). The number of hydrogen-bond donors (Lipinski definition) is 3. The van der Waals surface area contributed by atoms with E-state index < -0.39 is 0 Å². The third-order valence-corrected chi connectivity index (χ3v) is 2.73. The van der Waals surface area contributed by atoms with E-state index in [0.29, 0.717) is 31.2 Å². The van der Waals surface area contributed by atoms with Gasteiger partial charge in [0.15, 0.2) is 0 Å². The van der Waals surface area contributed by atoms with Gasteiger partial charge in [-0.05, 0) is 17.7 Å². The minimum atomic E-state index is -0.295. The number of carbonyl (C=O) groups excluding carboxylic acids is 1. The van der Waals surface area contributed by atoms with Crippen molar-refractivity contribution in [3.05, 3.63) is 41.6 Å². The summed E-state index contributed by atoms with van der Waals surface area (Å²) in [6.45, 7) is 1.54. The van der Waals surface area contributed by atoms with E-state index in [1.54, 1.807) is 13.2 Å². The van der Waals surface area contributed by atoms with Crippen molar-refractivity contribution in [3.8, 4) is 0 Å². The van der Waals surface area contributed by atoms with Gasteiger partial charge in [0, 0.05) is 18.9 Å². The number of nitrogens with one attached hydrogen (secondary N) is 2. The molecule has 112 valence electrons. The predicted octanol–water partition coefficient (Wildman–Crippen LogP) is 1.41. The number of H-pyrrole nitrogens is 1. The van der Waals surface area contributed by atoms with Crippen molar-refractivity contribution in [3.63, 3.8) is 0 Å². The Morgan fingerprint density at radius 3 is 2.95 bits per heavy atom. The van der Waals surface area contributed by atoms with Gasteiger partial charge in [-0.2, -0.15) is 5.10 Å². The molecule has 0 unspecified atom stereocenters. The number of aromatic amines is 1. The Morgan fingerprint density at radius 2 is 2.24 bits per heavy atom. The van der Waals surface area contributed by atoms with Crippen molar-refractivity contribution in [1.82, 2.24) is 10.2 Å². The fourth-order valence-electron chi connectivity index (χ4n) is 1.72. The summed E-state index contributed by atoms with van der Waals surface area (Å²) in [7, 11) is 1.63. The number of benzene rings is 1. The van der Waals surface area contributed by atoms with Crippen LogP contribution in [0.1, 0.15) is 16.1 Å². The second-order valence-electron chi connectivity index (χ2n) is 4.41. The van der Waals surface area contributed by atoms with Gasteiger partial charge < -0.3 is 20.5 Å². The topological polar surface area (TPSA) is 102 Å². The zero-order valence-electron chi connectivity index (χ0n) is 11.8. The standard InChI is InChI=1S/C14H18N4O3/c1-20-5-6-21-9-10-3-2-4-11(7-10)16-14(19)12-8-13(15)18-17-12/h2-4,7-8H,5-6,9H2,1H3,(H,16,19)(H3,15,17,18). The number of nitrogens with two attached hydrogens (primary N) is 1. The fourth-order valence-corrected chi connectivity index (χ4v) is 1.72. The van der Waals surface area contributed by atoms with Crippen LogP contribution < -0.4 is 11.1 Å². The van der Waals surface area contributed by atoms with Crippen molar-refractivity contribution in [2.75, 3.05) is 31.4 Å². The smallest absolute Gasteiger partial charge is 0.273 e. The van der Waals surface area contributed by atoms with E-state index in [4.69, 9.17) is 15.2 Å². The minimum absolute atomic E-state index is 0.278. The molecule has 1 heterocycles. The molecule has 0 saturated carbocycles. The highest BCUT2D eigenvalue weighted by molar-refractivity contribution is 6.03. The van der Waals surface area contributed by atoms with Crippen molar-refractivity contribution < 1.29 is 14.3 Å². The molecular formula is C14H18N4O3. The van der Waals surface area contributed by atoms with E-state index in [2.05, 4.69) is 15.5 Å². The molecule has 0 radical (unpaired) electrons. The first-order chi connectivity index (χ1) is 10.2. The molecule has 0 saturated heterocycles. The van der Waals surface area contributed by atoms with Crippen LogP contribution in [0.3, 0.4) is 0 Å². The number of aromatic nitrogens is 2. The summed E-state index contributed by atoms with van der Waals surface area (Å²) in [5.74, 6) is -0.0166. The number of nitrogens with zero attached hydrogens (tertiary/aromatic N) is 1. The number of nitrogen functional groups attached to an aromatic ring is 1. The molecule has 1 aromatic carbocycles. The summed E-state index contributed by atoms with van der Waals surface area (Å²) in [5, 5.41) is 9.05. The Bertz CT molecular complexity index is 597. The maximum absolute atomic E-state index is 12.0. The third kappa shape index (κ3) is 4.59. The number of hydrogen-bond acceptors (Lipinski definition) is 5. The zero-order chi connectivity index (χ0) is 15.1. The van der Waals surface area contributed by atoms with E-state index >= 15 is 0 Å². The van der Waals surface area contributed by atoms with E-state index in [9.17, 15) is 4.79 Å². The maximum atomic E-state index is 12.0. The summed E-state index contributed by atoms with van der Waals surface area (Å²) in [6.07, 6.45) is 0. The molecule has 0 aliphatic carbocycles. The van der Waals surface area contributed by atoms with Crippen LogP contribution in [0.5, 0.6) is 0 Å². The third-order valence-electron chi connectivity index (χ3n) is 2.73. The SMILES string of the molecule is COCCOCc1cccc(NC(=O)c2cc(N)n[nH]2)c1. The Kier molecular flexibility index (Phi) is 5.30. The highest BCUT2D eigenvalue weighted by Gasteiger charge is 2.09. The zero-order valence-corrected chi connectivity index (χ0v) is 11.8. The fraction of sp³-hybridized carbons (Fsp3) is 0.286. The number of anilines is 2. The van der Waals surface area contributed by atoms with Gasteiger partial charge in [0.1, 0.15) is 11.5 Å². The lowest BCUT2D eigenvalue weighted by Crippen LogP contribution is -2.12. The van der Waals surface area contributed by atoms with Crippen molar-refractivity contribution in [2.24, 2.45) is 0 Å². The van der Waals surface area contributed by atoms with Crippen LogP contribution in [0.15, 0.2) is 30.3 Å². The molecule has 0 bridgehead atoms. The molecule has 21 heavy (non-hydrogen) atoms. The van der Waals surface area contributed by atoms with Gasteiger partial charge in [-0.3, -0.25) is 9.89 Å². The van der Waals surface area contributed by atoms with Gasteiger partial charge in [0.05, 0.1) is 19.8 Å². The lowest BCUT2D eigenvalue weighted by atomic mass is 10.2. The Labute approximate surface area is 122 Å². The number of methoxy groups -OCH3 is 1. The molecule has 0 fully saturated rings. The molecule has 1 amide bonds. The second kappa shape index (κ2) is 7.41. The minimum Gasteiger partial charge on any atom is -0.382 e. The molecule has 2 aromatic rings. The first kappa shape index (κ1) is 15.0. The van der Waals surface area contributed by atoms with Gasteiger partial charge in [0.25, 0.3) is 5.91 Å². The van der Waals surface area contributed by atoms with Crippen molar-refractivity contribution in [1.29, 1.82) is 0 Å². The molecule has 1 aromatic heterocycles. The summed E-state index contributed by atoms with van der Waals surface area (Å²) in [6, 6.07) is 8.91.